The van der Waals surface area contributed by atoms with Crippen molar-refractivity contribution in [2.24, 2.45) is 0 Å². The molecule has 1 rings (SSSR count). The Labute approximate surface area is 113 Å². The van der Waals surface area contributed by atoms with Crippen molar-refractivity contribution in [3.63, 3.8) is 0 Å². The minimum atomic E-state index is 1.07. The average Bonchev–Trinajstić information content (AvgIpc) is 2.42. The maximum Gasteiger partial charge on any atom is 0.169 e. The highest BCUT2D eigenvalue weighted by atomic mass is 14.9. The molecule has 1 nitrogen and oxygen atoms in total. The van der Waals surface area contributed by atoms with Crippen molar-refractivity contribution < 1.29 is 4.57 Å². The Hall–Kier alpha value is -0.850. The van der Waals surface area contributed by atoms with Gasteiger partial charge in [0.15, 0.2) is 12.4 Å². The fraction of sp³-hybridized carbons (Fsp3) is 0.706. The van der Waals surface area contributed by atoms with Crippen LogP contribution in [0.4, 0.5) is 0 Å². The van der Waals surface area contributed by atoms with E-state index in [1.807, 2.05) is 0 Å². The number of hydrogen-bond donors (Lipinski definition) is 0. The lowest BCUT2D eigenvalue weighted by molar-refractivity contribution is -0.693. The van der Waals surface area contributed by atoms with Crippen LogP contribution >= 0.6 is 0 Å². The molecule has 0 atom stereocenters. The molecule has 0 unspecified atom stereocenters. The normalized spacial score (nSPS) is 10.8. The fourth-order valence-corrected chi connectivity index (χ4v) is 2.33. The maximum atomic E-state index is 2.28. The van der Waals surface area contributed by atoms with E-state index in [0.29, 0.717) is 0 Å². The van der Waals surface area contributed by atoms with Crippen LogP contribution in [-0.4, -0.2) is 0 Å². The highest BCUT2D eigenvalue weighted by Crippen LogP contribution is 2.10. The van der Waals surface area contributed by atoms with Crippen LogP contribution in [0.3, 0.4) is 0 Å². The number of pyridine rings is 1. The predicted octanol–water partition coefficient (Wildman–Crippen LogP) is 4.68. The third kappa shape index (κ3) is 6.78. The van der Waals surface area contributed by atoms with Gasteiger partial charge in [-0.3, -0.25) is 0 Å². The van der Waals surface area contributed by atoms with Crippen LogP contribution in [0.15, 0.2) is 24.5 Å². The molecule has 1 heterocycles. The van der Waals surface area contributed by atoms with E-state index in [-0.39, 0.29) is 0 Å². The Morgan fingerprint density at radius 1 is 0.778 bits per heavy atom. The zero-order chi connectivity index (χ0) is 13.1. The van der Waals surface area contributed by atoms with Crippen molar-refractivity contribution in [3.8, 4) is 0 Å². The maximum absolute atomic E-state index is 2.28. The van der Waals surface area contributed by atoms with Crippen molar-refractivity contribution in [2.45, 2.75) is 78.2 Å². The SMILES string of the molecule is CCCCCCCCCCc1cc[n+](CC)cc1. The molecule has 1 heteroatoms. The molecular formula is C17H30N+. The molecule has 0 saturated heterocycles. The van der Waals surface area contributed by atoms with Gasteiger partial charge in [-0.2, -0.15) is 0 Å². The second-order valence-corrected chi connectivity index (χ2v) is 5.26. The Morgan fingerprint density at radius 2 is 1.33 bits per heavy atom. The van der Waals surface area contributed by atoms with Crippen molar-refractivity contribution in [2.75, 3.05) is 0 Å². The number of hydrogen-bond acceptors (Lipinski definition) is 0. The summed E-state index contributed by atoms with van der Waals surface area (Å²) in [6.45, 7) is 5.53. The molecule has 18 heavy (non-hydrogen) atoms. The summed E-state index contributed by atoms with van der Waals surface area (Å²) in [5, 5.41) is 0. The van der Waals surface area contributed by atoms with E-state index in [1.165, 1.54) is 63.4 Å². The number of unbranched alkanes of at least 4 members (excludes halogenated alkanes) is 7. The standard InChI is InChI=1S/C17H30N/c1-3-5-6-7-8-9-10-11-12-17-13-15-18(4-2)16-14-17/h13-16H,3-12H2,1-2H3/q+1. The molecule has 0 amide bonds. The zero-order valence-electron chi connectivity index (χ0n) is 12.3. The summed E-state index contributed by atoms with van der Waals surface area (Å²) in [7, 11) is 0. The van der Waals surface area contributed by atoms with Gasteiger partial charge in [-0.1, -0.05) is 51.9 Å². The van der Waals surface area contributed by atoms with Gasteiger partial charge in [0.05, 0.1) is 0 Å². The molecule has 0 aliphatic rings. The van der Waals surface area contributed by atoms with Gasteiger partial charge in [0.25, 0.3) is 0 Å². The van der Waals surface area contributed by atoms with E-state index in [0.717, 1.165) is 6.54 Å². The highest BCUT2D eigenvalue weighted by Gasteiger charge is 1.98. The van der Waals surface area contributed by atoms with Gasteiger partial charge < -0.3 is 0 Å². The average molecular weight is 248 g/mol. The first kappa shape index (κ1) is 15.2. The van der Waals surface area contributed by atoms with Crippen LogP contribution in [0.1, 0.15) is 70.8 Å². The Balaban J connectivity index is 2.00. The molecule has 0 spiro atoms. The van der Waals surface area contributed by atoms with Gasteiger partial charge in [0.2, 0.25) is 0 Å². The quantitative estimate of drug-likeness (QED) is 0.418. The predicted molar refractivity (Wildman–Crippen MR) is 78.6 cm³/mol. The van der Waals surface area contributed by atoms with Gasteiger partial charge in [-0.05, 0) is 25.3 Å². The summed E-state index contributed by atoms with van der Waals surface area (Å²) in [5.74, 6) is 0. The van der Waals surface area contributed by atoms with Crippen molar-refractivity contribution in [1.82, 2.24) is 0 Å². The van der Waals surface area contributed by atoms with Crippen LogP contribution in [0, 0.1) is 0 Å². The Kier molecular flexibility index (Phi) is 8.54. The van der Waals surface area contributed by atoms with Crippen LogP contribution in [0.25, 0.3) is 0 Å². The van der Waals surface area contributed by atoms with Crippen LogP contribution in [0.5, 0.6) is 0 Å². The van der Waals surface area contributed by atoms with Gasteiger partial charge in [0, 0.05) is 12.1 Å². The van der Waals surface area contributed by atoms with Crippen molar-refractivity contribution >= 4 is 0 Å². The van der Waals surface area contributed by atoms with Gasteiger partial charge in [-0.15, -0.1) is 0 Å². The first-order chi connectivity index (χ1) is 8.86. The summed E-state index contributed by atoms with van der Waals surface area (Å²) >= 11 is 0. The largest absolute Gasteiger partial charge is 0.205 e. The van der Waals surface area contributed by atoms with Gasteiger partial charge in [0.1, 0.15) is 6.54 Å². The molecule has 0 aromatic carbocycles. The molecule has 1 aromatic rings. The topological polar surface area (TPSA) is 3.88 Å². The minimum Gasteiger partial charge on any atom is -0.205 e. The third-order valence-electron chi connectivity index (χ3n) is 3.64. The lowest BCUT2D eigenvalue weighted by Crippen LogP contribution is -2.30. The molecular weight excluding hydrogens is 218 g/mol. The van der Waals surface area contributed by atoms with Crippen molar-refractivity contribution in [1.29, 1.82) is 0 Å². The first-order valence-electron chi connectivity index (χ1n) is 7.84. The highest BCUT2D eigenvalue weighted by molar-refractivity contribution is 5.07. The third-order valence-corrected chi connectivity index (χ3v) is 3.64. The Morgan fingerprint density at radius 3 is 1.89 bits per heavy atom. The second kappa shape index (κ2) is 10.1. The summed E-state index contributed by atoms with van der Waals surface area (Å²) in [6, 6.07) is 4.54. The molecule has 0 radical (unpaired) electrons. The van der Waals surface area contributed by atoms with E-state index in [9.17, 15) is 0 Å². The lowest BCUT2D eigenvalue weighted by atomic mass is 10.0. The number of rotatable bonds is 10. The number of aromatic nitrogens is 1. The van der Waals surface area contributed by atoms with Gasteiger partial charge in [-0.25, -0.2) is 4.57 Å². The molecule has 0 fully saturated rings. The second-order valence-electron chi connectivity index (χ2n) is 5.26. The monoisotopic (exact) mass is 248 g/mol. The molecule has 102 valence electrons. The molecule has 0 aliphatic heterocycles. The van der Waals surface area contributed by atoms with Crippen LogP contribution in [-0.2, 0) is 13.0 Å². The lowest BCUT2D eigenvalue weighted by Gasteiger charge is -2.02. The fourth-order valence-electron chi connectivity index (χ4n) is 2.33. The summed E-state index contributed by atoms with van der Waals surface area (Å²) in [5.41, 5.74) is 1.49. The smallest absolute Gasteiger partial charge is 0.169 e. The van der Waals surface area contributed by atoms with E-state index < -0.39 is 0 Å². The summed E-state index contributed by atoms with van der Waals surface area (Å²) in [6.07, 6.45) is 16.9. The van der Waals surface area contributed by atoms with Gasteiger partial charge >= 0.3 is 0 Å². The number of aryl methyl sites for hydroxylation is 2. The van der Waals surface area contributed by atoms with E-state index >= 15 is 0 Å². The number of nitrogens with zero attached hydrogens (tertiary/aromatic N) is 1. The Bertz CT molecular complexity index is 289. The summed E-state index contributed by atoms with van der Waals surface area (Å²) in [4.78, 5) is 0. The molecule has 0 bridgehead atoms. The molecule has 1 aromatic heterocycles. The zero-order valence-corrected chi connectivity index (χ0v) is 12.3. The van der Waals surface area contributed by atoms with E-state index in [4.69, 9.17) is 0 Å². The molecule has 0 saturated carbocycles. The summed E-state index contributed by atoms with van der Waals surface area (Å²) < 4.78 is 2.22. The van der Waals surface area contributed by atoms with E-state index in [1.54, 1.807) is 0 Å². The first-order valence-corrected chi connectivity index (χ1v) is 7.84. The van der Waals surface area contributed by atoms with Crippen molar-refractivity contribution in [3.05, 3.63) is 30.1 Å². The van der Waals surface area contributed by atoms with Crippen LogP contribution < -0.4 is 4.57 Å². The van der Waals surface area contributed by atoms with Crippen LogP contribution in [0.2, 0.25) is 0 Å². The molecule has 0 N–H and O–H groups in total. The minimum absolute atomic E-state index is 1.07. The molecule has 0 aliphatic carbocycles. The van der Waals surface area contributed by atoms with E-state index in [2.05, 4.69) is 42.9 Å².